The molecule has 2 fully saturated rings. The van der Waals surface area contributed by atoms with Crippen molar-refractivity contribution in [1.29, 1.82) is 0 Å². The highest BCUT2D eigenvalue weighted by Gasteiger charge is 2.36. The lowest BCUT2D eigenvalue weighted by Gasteiger charge is -2.47. The van der Waals surface area contributed by atoms with Gasteiger partial charge in [-0.1, -0.05) is 6.07 Å². The number of rotatable bonds is 3. The first-order chi connectivity index (χ1) is 9.79. The third kappa shape index (κ3) is 2.73. The molecule has 3 atom stereocenters. The molecule has 2 saturated heterocycles. The van der Waals surface area contributed by atoms with E-state index in [-0.39, 0.29) is 6.04 Å². The summed E-state index contributed by atoms with van der Waals surface area (Å²) in [6.45, 7) is 4.24. The van der Waals surface area contributed by atoms with Crippen molar-refractivity contribution in [2.75, 3.05) is 33.2 Å². The molecule has 20 heavy (non-hydrogen) atoms. The zero-order valence-electron chi connectivity index (χ0n) is 12.4. The zero-order chi connectivity index (χ0) is 13.9. The molecule has 0 aromatic carbocycles. The molecule has 2 aliphatic heterocycles. The van der Waals surface area contributed by atoms with Gasteiger partial charge in [0, 0.05) is 31.9 Å². The molecule has 2 aliphatic rings. The fourth-order valence-electron chi connectivity index (χ4n) is 3.99. The Morgan fingerprint density at radius 2 is 2.25 bits per heavy atom. The molecule has 3 heterocycles. The molecule has 0 radical (unpaired) electrons. The van der Waals surface area contributed by atoms with Crippen LogP contribution in [-0.2, 0) is 0 Å². The Balaban J connectivity index is 1.71. The second-order valence-electron chi connectivity index (χ2n) is 6.24. The molecule has 3 unspecified atom stereocenters. The Morgan fingerprint density at radius 3 is 3.00 bits per heavy atom. The van der Waals surface area contributed by atoms with E-state index in [9.17, 15) is 0 Å². The van der Waals surface area contributed by atoms with Crippen molar-refractivity contribution in [3.8, 4) is 0 Å². The number of piperidine rings is 2. The van der Waals surface area contributed by atoms with E-state index in [1.54, 1.807) is 0 Å². The number of pyridine rings is 1. The Kier molecular flexibility index (Phi) is 4.34. The minimum atomic E-state index is 0.282. The van der Waals surface area contributed by atoms with E-state index in [1.807, 2.05) is 12.3 Å². The van der Waals surface area contributed by atoms with Crippen molar-refractivity contribution in [3.63, 3.8) is 0 Å². The maximum atomic E-state index is 6.04. The fraction of sp³-hybridized carbons (Fsp3) is 0.688. The van der Waals surface area contributed by atoms with Crippen LogP contribution in [0.2, 0.25) is 0 Å². The summed E-state index contributed by atoms with van der Waals surface area (Å²) in [5, 5.41) is 0. The maximum Gasteiger partial charge on any atom is 0.0644 e. The average Bonchev–Trinajstić information content (AvgIpc) is 2.49. The first-order valence-corrected chi connectivity index (χ1v) is 7.85. The highest BCUT2D eigenvalue weighted by molar-refractivity contribution is 5.10. The van der Waals surface area contributed by atoms with Gasteiger partial charge in [0.05, 0.1) is 11.7 Å². The summed E-state index contributed by atoms with van der Waals surface area (Å²) in [7, 11) is 2.28. The van der Waals surface area contributed by atoms with Crippen molar-refractivity contribution in [1.82, 2.24) is 14.8 Å². The van der Waals surface area contributed by atoms with Crippen LogP contribution in [0.1, 0.15) is 31.0 Å². The number of nitrogens with zero attached hydrogens (tertiary/aromatic N) is 3. The molecular formula is C16H26N4. The summed E-state index contributed by atoms with van der Waals surface area (Å²) >= 11 is 0. The Hall–Kier alpha value is -0.970. The van der Waals surface area contributed by atoms with E-state index in [0.717, 1.165) is 24.2 Å². The van der Waals surface area contributed by atoms with Gasteiger partial charge in [0.1, 0.15) is 0 Å². The molecule has 4 heteroatoms. The summed E-state index contributed by atoms with van der Waals surface area (Å²) in [5.74, 6) is 0.806. The first kappa shape index (κ1) is 14.0. The van der Waals surface area contributed by atoms with Crippen molar-refractivity contribution in [2.45, 2.75) is 31.3 Å². The number of hydrogen-bond donors (Lipinski definition) is 1. The highest BCUT2D eigenvalue weighted by atomic mass is 15.2. The van der Waals surface area contributed by atoms with Gasteiger partial charge in [-0.25, -0.2) is 0 Å². The quantitative estimate of drug-likeness (QED) is 0.907. The molecule has 1 aromatic heterocycles. The molecule has 0 aliphatic carbocycles. The van der Waals surface area contributed by atoms with Crippen LogP contribution < -0.4 is 5.73 Å². The van der Waals surface area contributed by atoms with Gasteiger partial charge in [0.2, 0.25) is 0 Å². The van der Waals surface area contributed by atoms with Gasteiger partial charge >= 0.3 is 0 Å². The van der Waals surface area contributed by atoms with Crippen molar-refractivity contribution in [2.24, 2.45) is 11.7 Å². The number of hydrogen-bond acceptors (Lipinski definition) is 4. The van der Waals surface area contributed by atoms with Crippen LogP contribution in [0.15, 0.2) is 24.4 Å². The van der Waals surface area contributed by atoms with Gasteiger partial charge in [-0.2, -0.15) is 0 Å². The van der Waals surface area contributed by atoms with E-state index in [1.165, 1.54) is 32.4 Å². The topological polar surface area (TPSA) is 45.4 Å². The smallest absolute Gasteiger partial charge is 0.0644 e. The van der Waals surface area contributed by atoms with Crippen LogP contribution in [0.5, 0.6) is 0 Å². The summed E-state index contributed by atoms with van der Waals surface area (Å²) in [5.41, 5.74) is 7.16. The van der Waals surface area contributed by atoms with Gasteiger partial charge in [-0.3, -0.25) is 9.88 Å². The van der Waals surface area contributed by atoms with Crippen LogP contribution >= 0.6 is 0 Å². The maximum absolute atomic E-state index is 6.04. The fourth-order valence-corrected chi connectivity index (χ4v) is 3.99. The van der Waals surface area contributed by atoms with Gasteiger partial charge < -0.3 is 10.6 Å². The number of aromatic nitrogens is 1. The van der Waals surface area contributed by atoms with Crippen LogP contribution in [0, 0.1) is 5.92 Å². The van der Waals surface area contributed by atoms with E-state index in [0.29, 0.717) is 6.54 Å². The third-order valence-corrected chi connectivity index (χ3v) is 5.07. The number of nitrogens with two attached hydrogens (primary N) is 1. The van der Waals surface area contributed by atoms with Gasteiger partial charge in [0.25, 0.3) is 0 Å². The summed E-state index contributed by atoms with van der Waals surface area (Å²) < 4.78 is 0. The molecule has 4 nitrogen and oxygen atoms in total. The predicted molar refractivity (Wildman–Crippen MR) is 81.4 cm³/mol. The average molecular weight is 274 g/mol. The largest absolute Gasteiger partial charge is 0.329 e. The van der Waals surface area contributed by atoms with Crippen LogP contribution in [0.25, 0.3) is 0 Å². The van der Waals surface area contributed by atoms with E-state index in [2.05, 4.69) is 34.0 Å². The van der Waals surface area contributed by atoms with Crippen LogP contribution in [0.3, 0.4) is 0 Å². The molecule has 0 amide bonds. The molecule has 0 spiro atoms. The van der Waals surface area contributed by atoms with E-state index >= 15 is 0 Å². The van der Waals surface area contributed by atoms with Crippen molar-refractivity contribution < 1.29 is 0 Å². The van der Waals surface area contributed by atoms with Gasteiger partial charge in [-0.15, -0.1) is 0 Å². The second kappa shape index (κ2) is 6.20. The summed E-state index contributed by atoms with van der Waals surface area (Å²) in [4.78, 5) is 9.63. The molecule has 110 valence electrons. The van der Waals surface area contributed by atoms with Crippen molar-refractivity contribution >= 4 is 0 Å². The Bertz CT molecular complexity index is 422. The first-order valence-electron chi connectivity index (χ1n) is 7.85. The van der Waals surface area contributed by atoms with Gasteiger partial charge in [-0.05, 0) is 50.9 Å². The number of likely N-dealkylation sites (tertiary alicyclic amines) is 2. The normalized spacial score (nSPS) is 29.9. The lowest BCUT2D eigenvalue weighted by molar-refractivity contribution is 0.0204. The molecular weight excluding hydrogens is 248 g/mol. The number of fused-ring (bicyclic) bond motifs is 1. The lowest BCUT2D eigenvalue weighted by Crippen LogP contribution is -2.54. The monoisotopic (exact) mass is 274 g/mol. The minimum absolute atomic E-state index is 0.282. The van der Waals surface area contributed by atoms with E-state index < -0.39 is 0 Å². The highest BCUT2D eigenvalue weighted by Crippen LogP contribution is 2.32. The Labute approximate surface area is 122 Å². The third-order valence-electron chi connectivity index (χ3n) is 5.07. The Morgan fingerprint density at radius 1 is 1.35 bits per heavy atom. The van der Waals surface area contributed by atoms with Crippen LogP contribution in [-0.4, -0.2) is 54.1 Å². The summed E-state index contributed by atoms with van der Waals surface area (Å²) in [6, 6.07) is 7.20. The molecule has 1 aromatic rings. The van der Waals surface area contributed by atoms with Gasteiger partial charge in [0.15, 0.2) is 0 Å². The van der Waals surface area contributed by atoms with Crippen LogP contribution in [0.4, 0.5) is 0 Å². The molecule has 0 saturated carbocycles. The zero-order valence-corrected chi connectivity index (χ0v) is 12.4. The lowest BCUT2D eigenvalue weighted by atomic mass is 9.83. The standard InChI is InChI=1S/C16H26N4/c1-19-9-4-5-13-12-20(10-7-15(13)19)16(11-17)14-6-2-3-8-18-14/h2-3,6,8,13,15-16H,4-5,7,9-12,17H2,1H3. The molecule has 2 N–H and O–H groups in total. The molecule has 0 bridgehead atoms. The predicted octanol–water partition coefficient (Wildman–Crippen LogP) is 1.50. The van der Waals surface area contributed by atoms with Crippen molar-refractivity contribution in [3.05, 3.63) is 30.1 Å². The SMILES string of the molecule is CN1CCCC2CN(C(CN)c3ccccn3)CCC21. The van der Waals surface area contributed by atoms with E-state index in [4.69, 9.17) is 5.73 Å². The summed E-state index contributed by atoms with van der Waals surface area (Å²) in [6.07, 6.45) is 5.84. The molecule has 3 rings (SSSR count). The second-order valence-corrected chi connectivity index (χ2v) is 6.24. The minimum Gasteiger partial charge on any atom is -0.329 e.